The maximum absolute atomic E-state index is 12.9. The molecule has 0 unspecified atom stereocenters. The minimum absolute atomic E-state index is 0.0610. The number of nitrogens with zero attached hydrogens (tertiary/aromatic N) is 2. The topological polar surface area (TPSA) is 99.4 Å². The lowest BCUT2D eigenvalue weighted by Crippen LogP contribution is -2.57. The number of ether oxygens (including phenoxy) is 1. The van der Waals surface area contributed by atoms with Crippen LogP contribution < -0.4 is 15.4 Å². The predicted molar refractivity (Wildman–Crippen MR) is 108 cm³/mol. The molecule has 4 rings (SSSR count). The van der Waals surface area contributed by atoms with Crippen LogP contribution in [0.25, 0.3) is 0 Å². The van der Waals surface area contributed by atoms with Crippen LogP contribution in [0.5, 0.6) is 5.75 Å². The number of benzene rings is 1. The van der Waals surface area contributed by atoms with Gasteiger partial charge in [0, 0.05) is 37.3 Å². The second kappa shape index (κ2) is 7.87. The summed E-state index contributed by atoms with van der Waals surface area (Å²) in [6.45, 7) is 3.92. The number of aromatic nitrogens is 2. The molecule has 1 aromatic heterocycles. The van der Waals surface area contributed by atoms with Gasteiger partial charge in [-0.3, -0.25) is 9.59 Å². The number of carbonyl (C=O) groups is 2. The van der Waals surface area contributed by atoms with Gasteiger partial charge in [0.25, 0.3) is 5.91 Å². The number of hydrogen-bond acceptors (Lipinski definition) is 5. The van der Waals surface area contributed by atoms with E-state index in [1.807, 2.05) is 4.90 Å². The third-order valence-electron chi connectivity index (χ3n) is 5.99. The number of fused-ring (bicyclic) bond motifs is 2. The summed E-state index contributed by atoms with van der Waals surface area (Å²) in [5.74, 6) is 0.262. The average Bonchev–Trinajstić information content (AvgIpc) is 3.24. The molecule has 1 spiro atoms. The van der Waals surface area contributed by atoms with E-state index in [4.69, 9.17) is 4.74 Å². The fourth-order valence-corrected chi connectivity index (χ4v) is 4.34. The first-order valence-corrected chi connectivity index (χ1v) is 10.0. The lowest BCUT2D eigenvalue weighted by atomic mass is 9.80. The normalized spacial score (nSPS) is 18.8. The second-order valence-corrected chi connectivity index (χ2v) is 7.74. The molecule has 0 aliphatic carbocycles. The fraction of sp³-hybridized carbons (Fsp3) is 0.476. The zero-order chi connectivity index (χ0) is 20.4. The zero-order valence-electron chi connectivity index (χ0n) is 16.8. The van der Waals surface area contributed by atoms with E-state index in [1.165, 1.54) is 5.69 Å². The molecule has 0 bridgehead atoms. The van der Waals surface area contributed by atoms with Crippen molar-refractivity contribution in [3.63, 3.8) is 0 Å². The number of methoxy groups -OCH3 is 1. The van der Waals surface area contributed by atoms with Gasteiger partial charge in [0.15, 0.2) is 0 Å². The third-order valence-corrected chi connectivity index (χ3v) is 5.99. The zero-order valence-corrected chi connectivity index (χ0v) is 16.8. The van der Waals surface area contributed by atoms with Crippen LogP contribution in [0.2, 0.25) is 0 Å². The Balaban J connectivity index is 1.37. The summed E-state index contributed by atoms with van der Waals surface area (Å²) in [7, 11) is 1.55. The van der Waals surface area contributed by atoms with Crippen LogP contribution in [0.3, 0.4) is 0 Å². The summed E-state index contributed by atoms with van der Waals surface area (Å²) in [5.41, 5.74) is 2.61. The van der Waals surface area contributed by atoms with Gasteiger partial charge in [0.2, 0.25) is 5.91 Å². The Kier molecular flexibility index (Phi) is 5.27. The first-order valence-electron chi connectivity index (χ1n) is 10.0. The van der Waals surface area contributed by atoms with E-state index in [9.17, 15) is 9.59 Å². The second-order valence-electron chi connectivity index (χ2n) is 7.74. The number of nitrogens with one attached hydrogen (secondary N) is 3. The highest BCUT2D eigenvalue weighted by Crippen LogP contribution is 2.35. The monoisotopic (exact) mass is 397 g/mol. The van der Waals surface area contributed by atoms with Crippen LogP contribution in [0.15, 0.2) is 30.6 Å². The molecule has 1 saturated heterocycles. The average molecular weight is 397 g/mol. The van der Waals surface area contributed by atoms with Crippen molar-refractivity contribution in [2.45, 2.75) is 37.8 Å². The number of likely N-dealkylation sites (tertiary alicyclic amines) is 1. The molecule has 1 aromatic carbocycles. The van der Waals surface area contributed by atoms with Crippen molar-refractivity contribution in [1.29, 1.82) is 0 Å². The highest BCUT2D eigenvalue weighted by molar-refractivity contribution is 5.97. The molecule has 0 saturated carbocycles. The molecular formula is C21H27N5O3. The minimum atomic E-state index is -0.594. The molecule has 2 aliphatic rings. The fourth-order valence-electron chi connectivity index (χ4n) is 4.34. The first-order chi connectivity index (χ1) is 14.0. The number of piperidine rings is 1. The van der Waals surface area contributed by atoms with Crippen molar-refractivity contribution < 1.29 is 14.3 Å². The maximum atomic E-state index is 12.9. The predicted octanol–water partition coefficient (Wildman–Crippen LogP) is 1.20. The summed E-state index contributed by atoms with van der Waals surface area (Å²) in [4.78, 5) is 35.0. The summed E-state index contributed by atoms with van der Waals surface area (Å²) in [6.07, 6.45) is 4.33. The summed E-state index contributed by atoms with van der Waals surface area (Å²) < 4.78 is 5.16. The van der Waals surface area contributed by atoms with E-state index in [-0.39, 0.29) is 17.4 Å². The molecule has 0 radical (unpaired) electrons. The Morgan fingerprint density at radius 1 is 1.31 bits per heavy atom. The number of H-pyrrole nitrogens is 1. The van der Waals surface area contributed by atoms with Gasteiger partial charge >= 0.3 is 0 Å². The highest BCUT2D eigenvalue weighted by Gasteiger charge is 2.42. The van der Waals surface area contributed by atoms with Crippen molar-refractivity contribution in [2.75, 3.05) is 26.7 Å². The maximum Gasteiger partial charge on any atom is 0.252 e. The molecule has 1 atom stereocenters. The number of amides is 2. The molecule has 3 N–H and O–H groups in total. The molecule has 154 valence electrons. The van der Waals surface area contributed by atoms with E-state index in [0.717, 1.165) is 31.5 Å². The van der Waals surface area contributed by atoms with Crippen LogP contribution in [0.4, 0.5) is 0 Å². The molecule has 2 aromatic rings. The van der Waals surface area contributed by atoms with Crippen LogP contribution in [0.1, 0.15) is 41.5 Å². The number of hydrogen-bond donors (Lipinski definition) is 3. The first kappa shape index (κ1) is 19.4. The van der Waals surface area contributed by atoms with E-state index < -0.39 is 6.04 Å². The Morgan fingerprint density at radius 3 is 2.86 bits per heavy atom. The van der Waals surface area contributed by atoms with Crippen molar-refractivity contribution in [3.05, 3.63) is 47.5 Å². The lowest BCUT2D eigenvalue weighted by molar-refractivity contribution is -0.134. The number of imidazole rings is 1. The Morgan fingerprint density at radius 2 is 2.10 bits per heavy atom. The van der Waals surface area contributed by atoms with Gasteiger partial charge < -0.3 is 25.3 Å². The van der Waals surface area contributed by atoms with E-state index >= 15 is 0 Å². The Bertz CT molecular complexity index is 901. The van der Waals surface area contributed by atoms with Gasteiger partial charge in [0.05, 0.1) is 24.7 Å². The Hall–Kier alpha value is -2.87. The van der Waals surface area contributed by atoms with Crippen LogP contribution in [-0.2, 0) is 16.8 Å². The van der Waals surface area contributed by atoms with Gasteiger partial charge in [-0.25, -0.2) is 4.98 Å². The minimum Gasteiger partial charge on any atom is -0.497 e. The smallest absolute Gasteiger partial charge is 0.252 e. The molecule has 1 fully saturated rings. The molecule has 2 amide bonds. The van der Waals surface area contributed by atoms with Gasteiger partial charge in [-0.2, -0.15) is 0 Å². The molecular weight excluding hydrogens is 370 g/mol. The van der Waals surface area contributed by atoms with E-state index in [1.54, 1.807) is 44.6 Å². The number of aromatic amines is 1. The standard InChI is InChI=1S/C21H27N5O3/c1-14(25-19(27)15-4-3-5-16(12-15)29-2)20(28)26-10-7-21(8-11-26)18-17(6-9-24-21)22-13-23-18/h3-5,12-14,24H,6-11H2,1-2H3,(H,22,23)(H,25,27)/t14-/m1/s1. The number of rotatable bonds is 4. The van der Waals surface area contributed by atoms with Gasteiger partial charge in [-0.1, -0.05) is 6.07 Å². The Labute approximate surface area is 170 Å². The molecule has 3 heterocycles. The van der Waals surface area contributed by atoms with E-state index in [0.29, 0.717) is 24.4 Å². The van der Waals surface area contributed by atoms with Crippen molar-refractivity contribution in [2.24, 2.45) is 0 Å². The summed E-state index contributed by atoms with van der Waals surface area (Å²) >= 11 is 0. The van der Waals surface area contributed by atoms with Crippen molar-refractivity contribution in [1.82, 2.24) is 25.5 Å². The van der Waals surface area contributed by atoms with Crippen LogP contribution >= 0.6 is 0 Å². The quantitative estimate of drug-likeness (QED) is 0.720. The van der Waals surface area contributed by atoms with Gasteiger partial charge in [-0.05, 0) is 38.0 Å². The van der Waals surface area contributed by atoms with Crippen LogP contribution in [0, 0.1) is 0 Å². The third kappa shape index (κ3) is 3.72. The molecule has 2 aliphatic heterocycles. The van der Waals surface area contributed by atoms with Crippen molar-refractivity contribution in [3.8, 4) is 5.75 Å². The largest absolute Gasteiger partial charge is 0.497 e. The summed E-state index contributed by atoms with van der Waals surface area (Å²) in [6, 6.07) is 6.30. The van der Waals surface area contributed by atoms with Gasteiger partial charge in [-0.15, -0.1) is 0 Å². The SMILES string of the molecule is COc1cccc(C(=O)N[C@H](C)C(=O)N2CCC3(CC2)NCCc2[nH]cnc23)c1. The highest BCUT2D eigenvalue weighted by atomic mass is 16.5. The molecule has 8 nitrogen and oxygen atoms in total. The lowest BCUT2D eigenvalue weighted by Gasteiger charge is -2.44. The van der Waals surface area contributed by atoms with E-state index in [2.05, 4.69) is 20.6 Å². The summed E-state index contributed by atoms with van der Waals surface area (Å²) in [5, 5.41) is 6.44. The molecule has 8 heteroatoms. The number of carbonyl (C=O) groups excluding carboxylic acids is 2. The van der Waals surface area contributed by atoms with Crippen molar-refractivity contribution >= 4 is 11.8 Å². The van der Waals surface area contributed by atoms with Crippen LogP contribution in [-0.4, -0.2) is 59.5 Å². The molecule has 29 heavy (non-hydrogen) atoms. The van der Waals surface area contributed by atoms with Gasteiger partial charge in [0.1, 0.15) is 11.8 Å².